The number of nitrogens with zero attached hydrogens (tertiary/aromatic N) is 6. The van der Waals surface area contributed by atoms with Crippen molar-refractivity contribution in [1.82, 2.24) is 24.1 Å². The van der Waals surface area contributed by atoms with Gasteiger partial charge in [0.05, 0.1) is 25.8 Å². The standard InChI is InChI=1S/C23H28N6O3/c1-14(2)11-28-16(4)15(3)21-22(28)24-13-29-23(21)26-20(27-29)12-32-25-10-17-7-8-18(30-5)19(9-17)31-6/h7-10,13-14H,11-12H2,1-6H3/b25-10+. The van der Waals surface area contributed by atoms with Crippen LogP contribution in [-0.2, 0) is 18.0 Å². The molecule has 168 valence electrons. The summed E-state index contributed by atoms with van der Waals surface area (Å²) in [5.74, 6) is 2.35. The van der Waals surface area contributed by atoms with Crippen LogP contribution < -0.4 is 9.47 Å². The summed E-state index contributed by atoms with van der Waals surface area (Å²) in [6.45, 7) is 9.70. The summed E-state index contributed by atoms with van der Waals surface area (Å²) in [6, 6.07) is 5.51. The van der Waals surface area contributed by atoms with E-state index in [0.717, 1.165) is 28.8 Å². The number of ether oxygens (including phenoxy) is 2. The second kappa shape index (κ2) is 8.86. The number of aryl methyl sites for hydroxylation is 1. The number of oxime groups is 1. The van der Waals surface area contributed by atoms with Gasteiger partial charge in [-0.3, -0.25) is 0 Å². The Hall–Kier alpha value is -3.62. The summed E-state index contributed by atoms with van der Waals surface area (Å²) in [4.78, 5) is 14.8. The third-order valence-electron chi connectivity index (χ3n) is 5.42. The van der Waals surface area contributed by atoms with E-state index >= 15 is 0 Å². The van der Waals surface area contributed by atoms with Crippen molar-refractivity contribution in [2.75, 3.05) is 14.2 Å². The second-order valence-corrected chi connectivity index (χ2v) is 8.08. The van der Waals surface area contributed by atoms with E-state index in [4.69, 9.17) is 19.3 Å². The number of aromatic nitrogens is 5. The molecule has 32 heavy (non-hydrogen) atoms. The molecule has 9 nitrogen and oxygen atoms in total. The van der Waals surface area contributed by atoms with E-state index in [9.17, 15) is 0 Å². The molecule has 4 aromatic rings. The Morgan fingerprint density at radius 1 is 1.09 bits per heavy atom. The lowest BCUT2D eigenvalue weighted by molar-refractivity contribution is 0.126. The first-order valence-corrected chi connectivity index (χ1v) is 10.5. The molecule has 0 unspecified atom stereocenters. The number of rotatable bonds is 8. The van der Waals surface area contributed by atoms with Crippen molar-refractivity contribution in [3.8, 4) is 11.5 Å². The van der Waals surface area contributed by atoms with E-state index in [1.807, 2.05) is 18.2 Å². The molecule has 4 rings (SSSR count). The summed E-state index contributed by atoms with van der Waals surface area (Å²) in [6.07, 6.45) is 3.31. The lowest BCUT2D eigenvalue weighted by Crippen LogP contribution is -2.07. The monoisotopic (exact) mass is 436 g/mol. The van der Waals surface area contributed by atoms with Crippen LogP contribution in [0.5, 0.6) is 11.5 Å². The zero-order valence-electron chi connectivity index (χ0n) is 19.3. The highest BCUT2D eigenvalue weighted by Crippen LogP contribution is 2.28. The zero-order chi connectivity index (χ0) is 22.8. The van der Waals surface area contributed by atoms with Gasteiger partial charge in [-0.15, -0.1) is 5.10 Å². The Kier molecular flexibility index (Phi) is 5.98. The summed E-state index contributed by atoms with van der Waals surface area (Å²) in [7, 11) is 3.19. The lowest BCUT2D eigenvalue weighted by Gasteiger charge is -2.10. The average molecular weight is 437 g/mol. The van der Waals surface area contributed by atoms with Crippen molar-refractivity contribution >= 4 is 22.9 Å². The molecule has 0 bridgehead atoms. The lowest BCUT2D eigenvalue weighted by atomic mass is 10.2. The van der Waals surface area contributed by atoms with E-state index in [2.05, 4.69) is 47.5 Å². The quantitative estimate of drug-likeness (QED) is 0.307. The topological polar surface area (TPSA) is 88.1 Å². The molecule has 0 N–H and O–H groups in total. The first kappa shape index (κ1) is 21.6. The van der Waals surface area contributed by atoms with Crippen molar-refractivity contribution in [2.45, 2.75) is 40.8 Å². The van der Waals surface area contributed by atoms with E-state index in [1.54, 1.807) is 31.3 Å². The number of methoxy groups -OCH3 is 2. The van der Waals surface area contributed by atoms with Gasteiger partial charge >= 0.3 is 0 Å². The van der Waals surface area contributed by atoms with E-state index in [0.29, 0.717) is 23.2 Å². The van der Waals surface area contributed by atoms with Crippen molar-refractivity contribution in [1.29, 1.82) is 0 Å². The van der Waals surface area contributed by atoms with Gasteiger partial charge in [0.25, 0.3) is 0 Å². The van der Waals surface area contributed by atoms with Crippen molar-refractivity contribution in [2.24, 2.45) is 11.1 Å². The molecule has 0 aliphatic rings. The zero-order valence-corrected chi connectivity index (χ0v) is 19.3. The van der Waals surface area contributed by atoms with Crippen LogP contribution in [0.15, 0.2) is 29.7 Å². The minimum Gasteiger partial charge on any atom is -0.493 e. The molecule has 1 aromatic carbocycles. The van der Waals surface area contributed by atoms with Gasteiger partial charge in [0.1, 0.15) is 12.0 Å². The van der Waals surface area contributed by atoms with Crippen molar-refractivity contribution in [3.63, 3.8) is 0 Å². The summed E-state index contributed by atoms with van der Waals surface area (Å²) >= 11 is 0. The minimum absolute atomic E-state index is 0.150. The Labute approximate surface area is 186 Å². The normalized spacial score (nSPS) is 11.8. The van der Waals surface area contributed by atoms with Gasteiger partial charge in [-0.05, 0) is 43.5 Å². The van der Waals surface area contributed by atoms with Crippen LogP contribution >= 0.6 is 0 Å². The minimum atomic E-state index is 0.150. The number of fused-ring (bicyclic) bond motifs is 3. The number of benzene rings is 1. The van der Waals surface area contributed by atoms with Gasteiger partial charge in [0.15, 0.2) is 29.6 Å². The van der Waals surface area contributed by atoms with Crippen LogP contribution in [0.4, 0.5) is 0 Å². The predicted molar refractivity (Wildman–Crippen MR) is 123 cm³/mol. The summed E-state index contributed by atoms with van der Waals surface area (Å²) in [5, 5.41) is 9.56. The maximum Gasteiger partial charge on any atom is 0.192 e. The predicted octanol–water partition coefficient (Wildman–Crippen LogP) is 3.92. The van der Waals surface area contributed by atoms with E-state index < -0.39 is 0 Å². The smallest absolute Gasteiger partial charge is 0.192 e. The van der Waals surface area contributed by atoms with Crippen LogP contribution in [0.25, 0.3) is 16.7 Å². The summed E-state index contributed by atoms with van der Waals surface area (Å²) < 4.78 is 14.5. The average Bonchev–Trinajstić information content (AvgIpc) is 3.30. The molecule has 0 amide bonds. The highest BCUT2D eigenvalue weighted by atomic mass is 16.6. The molecular formula is C23H28N6O3. The largest absolute Gasteiger partial charge is 0.493 e. The third kappa shape index (κ3) is 3.98. The van der Waals surface area contributed by atoms with E-state index in [1.165, 1.54) is 11.3 Å². The second-order valence-electron chi connectivity index (χ2n) is 8.08. The molecular weight excluding hydrogens is 408 g/mol. The third-order valence-corrected chi connectivity index (χ3v) is 5.42. The molecule has 0 saturated carbocycles. The van der Waals surface area contributed by atoms with Crippen LogP contribution in [0.3, 0.4) is 0 Å². The molecule has 0 radical (unpaired) electrons. The SMILES string of the molecule is COc1ccc(/C=N/OCc2nc3c4c(C)c(C)n(CC(C)C)c4ncn3n2)cc1OC. The maximum atomic E-state index is 5.44. The Bertz CT molecular complexity index is 1290. The Balaban J connectivity index is 1.54. The van der Waals surface area contributed by atoms with Gasteiger partial charge in [0.2, 0.25) is 0 Å². The van der Waals surface area contributed by atoms with Gasteiger partial charge in [0, 0.05) is 17.8 Å². The van der Waals surface area contributed by atoms with Gasteiger partial charge in [-0.25, -0.2) is 14.5 Å². The molecule has 3 heterocycles. The van der Waals surface area contributed by atoms with Gasteiger partial charge in [-0.2, -0.15) is 0 Å². The number of hydrogen-bond donors (Lipinski definition) is 0. The van der Waals surface area contributed by atoms with Crippen LogP contribution in [0.1, 0.15) is 36.5 Å². The number of hydrogen-bond acceptors (Lipinski definition) is 7. The molecule has 3 aromatic heterocycles. The maximum absolute atomic E-state index is 5.44. The van der Waals surface area contributed by atoms with Crippen LogP contribution in [-0.4, -0.2) is 44.6 Å². The van der Waals surface area contributed by atoms with Crippen LogP contribution in [0, 0.1) is 19.8 Å². The summed E-state index contributed by atoms with van der Waals surface area (Å²) in [5.41, 5.74) is 4.92. The first-order chi connectivity index (χ1) is 15.4. The Morgan fingerprint density at radius 3 is 2.59 bits per heavy atom. The fourth-order valence-corrected chi connectivity index (χ4v) is 3.75. The van der Waals surface area contributed by atoms with Crippen molar-refractivity contribution in [3.05, 3.63) is 47.2 Å². The van der Waals surface area contributed by atoms with Gasteiger partial charge < -0.3 is 18.9 Å². The highest BCUT2D eigenvalue weighted by Gasteiger charge is 2.18. The molecule has 0 aliphatic carbocycles. The molecule has 9 heteroatoms. The van der Waals surface area contributed by atoms with Gasteiger partial charge in [-0.1, -0.05) is 19.0 Å². The molecule has 0 spiro atoms. The highest BCUT2D eigenvalue weighted by molar-refractivity contribution is 5.93. The molecule has 0 saturated heterocycles. The molecule has 0 atom stereocenters. The fourth-order valence-electron chi connectivity index (χ4n) is 3.75. The molecule has 0 fully saturated rings. The first-order valence-electron chi connectivity index (χ1n) is 10.5. The molecule has 0 aliphatic heterocycles. The van der Waals surface area contributed by atoms with Crippen LogP contribution in [0.2, 0.25) is 0 Å². The van der Waals surface area contributed by atoms with E-state index in [-0.39, 0.29) is 6.61 Å². The fraction of sp³-hybridized carbons (Fsp3) is 0.391. The Morgan fingerprint density at radius 2 is 1.88 bits per heavy atom. The van der Waals surface area contributed by atoms with Crippen molar-refractivity contribution < 1.29 is 14.3 Å².